The quantitative estimate of drug-likeness (QED) is 0.379. The Balaban J connectivity index is 0.00000240. The van der Waals surface area contributed by atoms with E-state index in [1.54, 1.807) is 6.26 Å². The molecule has 1 N–H and O–H groups in total. The highest BCUT2D eigenvalue weighted by Crippen LogP contribution is 2.23. The number of hydrogen-bond donors (Lipinski definition) is 1. The van der Waals surface area contributed by atoms with Crippen molar-refractivity contribution in [3.05, 3.63) is 48.4 Å². The number of hydrogen-bond acceptors (Lipinski definition) is 5. The van der Waals surface area contributed by atoms with Crippen LogP contribution in [0.2, 0.25) is 0 Å². The van der Waals surface area contributed by atoms with Gasteiger partial charge in [-0.2, -0.15) is 0 Å². The van der Waals surface area contributed by atoms with E-state index >= 15 is 0 Å². The number of aliphatic imine (C=N–C) groups is 1. The first-order valence-electron chi connectivity index (χ1n) is 10.2. The van der Waals surface area contributed by atoms with E-state index in [1.807, 2.05) is 13.1 Å². The molecule has 1 atom stereocenters. The molecule has 158 valence electrons. The van der Waals surface area contributed by atoms with Crippen LogP contribution in [-0.2, 0) is 6.54 Å². The molecule has 0 amide bonds. The van der Waals surface area contributed by atoms with Gasteiger partial charge in [0.2, 0.25) is 0 Å². The van der Waals surface area contributed by atoms with Gasteiger partial charge >= 0.3 is 0 Å². The van der Waals surface area contributed by atoms with E-state index in [9.17, 15) is 0 Å². The average Bonchev–Trinajstić information content (AvgIpc) is 3.42. The molecule has 4 rings (SSSR count). The van der Waals surface area contributed by atoms with Crippen molar-refractivity contribution in [3.63, 3.8) is 0 Å². The minimum Gasteiger partial charge on any atom is -0.371 e. The maximum Gasteiger partial charge on any atom is 0.193 e. The molecule has 7 nitrogen and oxygen atoms in total. The van der Waals surface area contributed by atoms with Crippen molar-refractivity contribution in [2.75, 3.05) is 57.8 Å². The summed E-state index contributed by atoms with van der Waals surface area (Å²) in [5, 5.41) is 7.63. The van der Waals surface area contributed by atoms with E-state index in [-0.39, 0.29) is 24.0 Å². The Labute approximate surface area is 190 Å². The van der Waals surface area contributed by atoms with Crippen molar-refractivity contribution >= 4 is 35.6 Å². The number of benzene rings is 1. The number of aromatic nitrogens is 1. The Morgan fingerprint density at radius 3 is 2.62 bits per heavy atom. The van der Waals surface area contributed by atoms with Gasteiger partial charge in [-0.15, -0.1) is 24.0 Å². The Hall–Kier alpha value is -1.81. The number of nitrogens with zero attached hydrogens (tertiary/aromatic N) is 5. The first-order chi connectivity index (χ1) is 13.8. The molecule has 8 heteroatoms. The number of rotatable bonds is 5. The number of anilines is 1. The molecule has 0 saturated carbocycles. The van der Waals surface area contributed by atoms with Gasteiger partial charge in [0, 0.05) is 71.2 Å². The number of halogens is 1. The fourth-order valence-electron chi connectivity index (χ4n) is 4.11. The normalized spacial score (nSPS) is 20.6. The number of nitrogens with one attached hydrogen (secondary N) is 1. The van der Waals surface area contributed by atoms with E-state index in [2.05, 4.69) is 60.5 Å². The SMILES string of the molecule is CN=C(NCC1CCN(c2ccccc2)C1)N1CCN(Cc2ccon2)CC1.I. The Morgan fingerprint density at radius 1 is 1.14 bits per heavy atom. The maximum atomic E-state index is 4.93. The van der Waals surface area contributed by atoms with Crippen LogP contribution in [0.25, 0.3) is 0 Å². The Kier molecular flexibility index (Phi) is 8.17. The molecule has 0 bridgehead atoms. The molecular weight excluding hydrogens is 479 g/mol. The summed E-state index contributed by atoms with van der Waals surface area (Å²) in [6, 6.07) is 12.7. The van der Waals surface area contributed by atoms with Crippen molar-refractivity contribution in [1.82, 2.24) is 20.3 Å². The summed E-state index contributed by atoms with van der Waals surface area (Å²) in [7, 11) is 1.88. The molecule has 0 spiro atoms. The largest absolute Gasteiger partial charge is 0.371 e. The van der Waals surface area contributed by atoms with Gasteiger partial charge in [-0.1, -0.05) is 23.4 Å². The Bertz CT molecular complexity index is 746. The van der Waals surface area contributed by atoms with Crippen LogP contribution >= 0.6 is 24.0 Å². The van der Waals surface area contributed by atoms with Crippen LogP contribution in [0.3, 0.4) is 0 Å². The van der Waals surface area contributed by atoms with Crippen molar-refractivity contribution in [2.24, 2.45) is 10.9 Å². The second-order valence-electron chi connectivity index (χ2n) is 7.62. The third-order valence-electron chi connectivity index (χ3n) is 5.72. The van der Waals surface area contributed by atoms with E-state index < -0.39 is 0 Å². The highest BCUT2D eigenvalue weighted by atomic mass is 127. The molecule has 2 fully saturated rings. The number of piperazine rings is 1. The van der Waals surface area contributed by atoms with Crippen LogP contribution in [0, 0.1) is 5.92 Å². The summed E-state index contributed by atoms with van der Waals surface area (Å²) in [5.41, 5.74) is 2.33. The predicted octanol–water partition coefficient (Wildman–Crippen LogP) is 2.51. The highest BCUT2D eigenvalue weighted by molar-refractivity contribution is 14.0. The van der Waals surface area contributed by atoms with E-state index in [4.69, 9.17) is 4.52 Å². The molecule has 1 aromatic heterocycles. The van der Waals surface area contributed by atoms with Gasteiger partial charge in [0.1, 0.15) is 6.26 Å². The molecule has 0 radical (unpaired) electrons. The van der Waals surface area contributed by atoms with Crippen LogP contribution in [0.1, 0.15) is 12.1 Å². The number of para-hydroxylation sites is 1. The van der Waals surface area contributed by atoms with E-state index in [1.165, 1.54) is 12.1 Å². The summed E-state index contributed by atoms with van der Waals surface area (Å²) in [4.78, 5) is 11.8. The van der Waals surface area contributed by atoms with Gasteiger partial charge in [-0.25, -0.2) is 0 Å². The van der Waals surface area contributed by atoms with Gasteiger partial charge in [0.25, 0.3) is 0 Å². The van der Waals surface area contributed by atoms with Gasteiger partial charge in [0.05, 0.1) is 5.69 Å². The monoisotopic (exact) mass is 510 g/mol. The van der Waals surface area contributed by atoms with E-state index in [0.717, 1.165) is 64.0 Å². The molecule has 0 aliphatic carbocycles. The fourth-order valence-corrected chi connectivity index (χ4v) is 4.11. The summed E-state index contributed by atoms with van der Waals surface area (Å²) in [6.07, 6.45) is 2.86. The fraction of sp³-hybridized carbons (Fsp3) is 0.524. The predicted molar refractivity (Wildman–Crippen MR) is 127 cm³/mol. The minimum atomic E-state index is 0. The average molecular weight is 510 g/mol. The second kappa shape index (κ2) is 10.8. The molecule has 1 aromatic carbocycles. The maximum absolute atomic E-state index is 4.93. The molecule has 2 aliphatic rings. The van der Waals surface area contributed by atoms with Crippen LogP contribution in [0.5, 0.6) is 0 Å². The molecular formula is C21H31IN6O. The minimum absolute atomic E-state index is 0. The lowest BCUT2D eigenvalue weighted by molar-refractivity contribution is 0.169. The lowest BCUT2D eigenvalue weighted by Gasteiger charge is -2.36. The first-order valence-corrected chi connectivity index (χ1v) is 10.2. The highest BCUT2D eigenvalue weighted by Gasteiger charge is 2.24. The smallest absolute Gasteiger partial charge is 0.193 e. The summed E-state index contributed by atoms with van der Waals surface area (Å²) in [6.45, 7) is 8.08. The van der Waals surface area contributed by atoms with Gasteiger partial charge in [-0.3, -0.25) is 9.89 Å². The second-order valence-corrected chi connectivity index (χ2v) is 7.62. The lowest BCUT2D eigenvalue weighted by atomic mass is 10.1. The molecule has 2 aliphatic heterocycles. The van der Waals surface area contributed by atoms with E-state index in [0.29, 0.717) is 5.92 Å². The van der Waals surface area contributed by atoms with Crippen molar-refractivity contribution in [1.29, 1.82) is 0 Å². The molecule has 29 heavy (non-hydrogen) atoms. The summed E-state index contributed by atoms with van der Waals surface area (Å²) < 4.78 is 4.93. The van der Waals surface area contributed by atoms with Crippen LogP contribution in [0.15, 0.2) is 52.2 Å². The third-order valence-corrected chi connectivity index (χ3v) is 5.72. The molecule has 1 unspecified atom stereocenters. The molecule has 2 aromatic rings. The zero-order chi connectivity index (χ0) is 19.2. The zero-order valence-electron chi connectivity index (χ0n) is 17.0. The van der Waals surface area contributed by atoms with Crippen LogP contribution in [0.4, 0.5) is 5.69 Å². The number of guanidine groups is 1. The summed E-state index contributed by atoms with van der Waals surface area (Å²) in [5.74, 6) is 1.68. The summed E-state index contributed by atoms with van der Waals surface area (Å²) >= 11 is 0. The topological polar surface area (TPSA) is 60.1 Å². The third kappa shape index (κ3) is 5.85. The molecule has 3 heterocycles. The standard InChI is InChI=1S/C21H30N6O.HI/c1-22-21(26-12-10-25(11-13-26)17-19-8-14-28-24-19)23-15-18-7-9-27(16-18)20-5-3-2-4-6-20;/h2-6,8,14,18H,7,9-13,15-17H2,1H3,(H,22,23);1H. The van der Waals surface area contributed by atoms with Gasteiger partial charge < -0.3 is 19.6 Å². The zero-order valence-corrected chi connectivity index (χ0v) is 19.4. The van der Waals surface area contributed by atoms with Gasteiger partial charge in [-0.05, 0) is 24.5 Å². The molecule has 2 saturated heterocycles. The lowest BCUT2D eigenvalue weighted by Crippen LogP contribution is -2.52. The van der Waals surface area contributed by atoms with Crippen LogP contribution < -0.4 is 10.2 Å². The Morgan fingerprint density at radius 2 is 1.93 bits per heavy atom. The van der Waals surface area contributed by atoms with Crippen molar-refractivity contribution in [3.8, 4) is 0 Å². The van der Waals surface area contributed by atoms with Crippen molar-refractivity contribution in [2.45, 2.75) is 13.0 Å². The van der Waals surface area contributed by atoms with Crippen LogP contribution in [-0.4, -0.2) is 73.8 Å². The van der Waals surface area contributed by atoms with Gasteiger partial charge in [0.15, 0.2) is 5.96 Å². The first kappa shape index (κ1) is 21.9. The van der Waals surface area contributed by atoms with Crippen molar-refractivity contribution < 1.29 is 4.52 Å².